The van der Waals surface area contributed by atoms with Crippen molar-refractivity contribution in [3.63, 3.8) is 0 Å². The predicted octanol–water partition coefficient (Wildman–Crippen LogP) is 2.82. The van der Waals surface area contributed by atoms with Crippen molar-refractivity contribution >= 4 is 0 Å². The third kappa shape index (κ3) is 3.30. The third-order valence-electron chi connectivity index (χ3n) is 3.88. The lowest BCUT2D eigenvalue weighted by atomic mass is 9.88. The van der Waals surface area contributed by atoms with Crippen molar-refractivity contribution in [2.24, 2.45) is 5.73 Å². The van der Waals surface area contributed by atoms with Gasteiger partial charge in [0, 0.05) is 11.6 Å². The van der Waals surface area contributed by atoms with Gasteiger partial charge in [0.05, 0.1) is 0 Å². The summed E-state index contributed by atoms with van der Waals surface area (Å²) in [5.41, 5.74) is 6.86. The van der Waals surface area contributed by atoms with E-state index < -0.39 is 0 Å². The number of hydrogen-bond acceptors (Lipinski definition) is 2. The number of likely N-dealkylation sites (N-methyl/N-ethyl adjacent to an activating group) is 1. The van der Waals surface area contributed by atoms with Gasteiger partial charge in [-0.3, -0.25) is 4.90 Å². The van der Waals surface area contributed by atoms with Gasteiger partial charge < -0.3 is 5.73 Å². The molecule has 0 bridgehead atoms. The van der Waals surface area contributed by atoms with Crippen LogP contribution >= 0.6 is 0 Å². The van der Waals surface area contributed by atoms with Crippen LogP contribution in [0.4, 0.5) is 4.39 Å². The summed E-state index contributed by atoms with van der Waals surface area (Å²) in [5, 5.41) is 0. The highest BCUT2D eigenvalue weighted by atomic mass is 19.1. The Bertz CT molecular complexity index is 373. The molecular formula is C15H25FN2. The van der Waals surface area contributed by atoms with E-state index in [4.69, 9.17) is 5.73 Å². The van der Waals surface area contributed by atoms with Crippen LogP contribution in [0.5, 0.6) is 0 Å². The topological polar surface area (TPSA) is 29.3 Å². The summed E-state index contributed by atoms with van der Waals surface area (Å²) in [7, 11) is 0. The summed E-state index contributed by atoms with van der Waals surface area (Å²) in [4.78, 5) is 2.32. The lowest BCUT2D eigenvalue weighted by molar-refractivity contribution is 0.106. The van der Waals surface area contributed by atoms with E-state index in [1.54, 1.807) is 6.07 Å². The zero-order valence-corrected chi connectivity index (χ0v) is 11.9. The third-order valence-corrected chi connectivity index (χ3v) is 3.88. The molecule has 0 heterocycles. The summed E-state index contributed by atoms with van der Waals surface area (Å²) < 4.78 is 13.6. The Labute approximate surface area is 110 Å². The minimum atomic E-state index is -0.164. The molecule has 102 valence electrons. The van der Waals surface area contributed by atoms with Crippen molar-refractivity contribution in [3.05, 3.63) is 35.6 Å². The molecule has 2 N–H and O–H groups in total. The van der Waals surface area contributed by atoms with E-state index in [0.717, 1.165) is 13.1 Å². The highest BCUT2D eigenvalue weighted by Crippen LogP contribution is 2.21. The average molecular weight is 252 g/mol. The molecule has 0 spiro atoms. The van der Waals surface area contributed by atoms with Crippen LogP contribution < -0.4 is 5.73 Å². The molecule has 1 unspecified atom stereocenters. The Morgan fingerprint density at radius 1 is 1.22 bits per heavy atom. The first kappa shape index (κ1) is 15.1. The number of nitrogens with two attached hydrogens (primary N) is 1. The van der Waals surface area contributed by atoms with Crippen LogP contribution in [0, 0.1) is 5.82 Å². The Morgan fingerprint density at radius 3 is 2.28 bits per heavy atom. The number of halogens is 1. The zero-order valence-electron chi connectivity index (χ0n) is 11.9. The Hall–Kier alpha value is -0.930. The van der Waals surface area contributed by atoms with Gasteiger partial charge in [-0.15, -0.1) is 0 Å². The molecule has 1 atom stereocenters. The maximum absolute atomic E-state index is 13.6. The number of benzene rings is 1. The van der Waals surface area contributed by atoms with Gasteiger partial charge in [-0.05, 0) is 45.0 Å². The normalized spacial score (nSPS) is 13.9. The van der Waals surface area contributed by atoms with Gasteiger partial charge in [0.1, 0.15) is 5.82 Å². The monoisotopic (exact) mass is 252 g/mol. The van der Waals surface area contributed by atoms with Gasteiger partial charge in [0.2, 0.25) is 0 Å². The molecule has 0 aliphatic carbocycles. The lowest BCUT2D eigenvalue weighted by Crippen LogP contribution is -2.56. The molecule has 0 aromatic heterocycles. The van der Waals surface area contributed by atoms with Crippen LogP contribution in [-0.2, 0) is 6.42 Å². The van der Waals surface area contributed by atoms with Gasteiger partial charge in [-0.1, -0.05) is 32.0 Å². The van der Waals surface area contributed by atoms with E-state index >= 15 is 0 Å². The fourth-order valence-electron chi connectivity index (χ4n) is 2.42. The molecule has 2 nitrogen and oxygen atoms in total. The van der Waals surface area contributed by atoms with E-state index in [9.17, 15) is 4.39 Å². The van der Waals surface area contributed by atoms with Gasteiger partial charge in [-0.2, -0.15) is 0 Å². The number of nitrogens with zero attached hydrogens (tertiary/aromatic N) is 1. The first-order valence-electron chi connectivity index (χ1n) is 6.67. The van der Waals surface area contributed by atoms with Crippen LogP contribution in [0.2, 0.25) is 0 Å². The summed E-state index contributed by atoms with van der Waals surface area (Å²) in [6.07, 6.45) is 0.566. The second-order valence-corrected chi connectivity index (χ2v) is 5.23. The van der Waals surface area contributed by atoms with Crippen molar-refractivity contribution in [2.75, 3.05) is 13.1 Å². The molecule has 0 aliphatic rings. The van der Waals surface area contributed by atoms with Crippen molar-refractivity contribution in [1.82, 2.24) is 4.90 Å². The molecule has 1 rings (SSSR count). The number of hydrogen-bond donors (Lipinski definition) is 1. The minimum absolute atomic E-state index is 0.0886. The Morgan fingerprint density at radius 2 is 1.78 bits per heavy atom. The molecule has 0 amide bonds. The standard InChI is InChI=1S/C15H25FN2/c1-5-18(6-2)15(3,4)14(17)11-12-9-7-8-10-13(12)16/h7-10,14H,5-6,11,17H2,1-4H3. The van der Waals surface area contributed by atoms with Crippen LogP contribution in [0.1, 0.15) is 33.3 Å². The van der Waals surface area contributed by atoms with Gasteiger partial charge in [-0.25, -0.2) is 4.39 Å². The Balaban J connectivity index is 2.81. The van der Waals surface area contributed by atoms with Crippen LogP contribution in [0.3, 0.4) is 0 Å². The summed E-state index contributed by atoms with van der Waals surface area (Å²) in [6.45, 7) is 10.4. The largest absolute Gasteiger partial charge is 0.326 e. The lowest BCUT2D eigenvalue weighted by Gasteiger charge is -2.42. The summed E-state index contributed by atoms with van der Waals surface area (Å²) in [5.74, 6) is -0.164. The molecule has 1 aromatic carbocycles. The molecular weight excluding hydrogens is 227 g/mol. The quantitative estimate of drug-likeness (QED) is 0.843. The summed E-state index contributed by atoms with van der Waals surface area (Å²) >= 11 is 0. The maximum atomic E-state index is 13.6. The summed E-state index contributed by atoms with van der Waals surface area (Å²) in [6, 6.07) is 6.78. The molecule has 0 saturated carbocycles. The Kier molecular flexibility index (Phi) is 5.29. The van der Waals surface area contributed by atoms with E-state index in [1.807, 2.05) is 12.1 Å². The molecule has 18 heavy (non-hydrogen) atoms. The fourth-order valence-corrected chi connectivity index (χ4v) is 2.42. The zero-order chi connectivity index (χ0) is 13.8. The smallest absolute Gasteiger partial charge is 0.126 e. The molecule has 3 heteroatoms. The number of rotatable bonds is 6. The fraction of sp³-hybridized carbons (Fsp3) is 0.600. The van der Waals surface area contributed by atoms with Crippen molar-refractivity contribution in [3.8, 4) is 0 Å². The second-order valence-electron chi connectivity index (χ2n) is 5.23. The van der Waals surface area contributed by atoms with E-state index in [0.29, 0.717) is 12.0 Å². The molecule has 0 radical (unpaired) electrons. The van der Waals surface area contributed by atoms with Crippen molar-refractivity contribution < 1.29 is 4.39 Å². The molecule has 0 saturated heterocycles. The molecule has 0 aliphatic heterocycles. The van der Waals surface area contributed by atoms with E-state index in [1.165, 1.54) is 6.07 Å². The van der Waals surface area contributed by atoms with Crippen LogP contribution in [-0.4, -0.2) is 29.6 Å². The SMILES string of the molecule is CCN(CC)C(C)(C)C(N)Cc1ccccc1F. The first-order chi connectivity index (χ1) is 8.43. The van der Waals surface area contributed by atoms with Crippen molar-refractivity contribution in [2.45, 2.75) is 45.7 Å². The van der Waals surface area contributed by atoms with Crippen LogP contribution in [0.15, 0.2) is 24.3 Å². The molecule has 0 fully saturated rings. The predicted molar refractivity (Wildman–Crippen MR) is 75.1 cm³/mol. The van der Waals surface area contributed by atoms with Crippen molar-refractivity contribution in [1.29, 1.82) is 0 Å². The van der Waals surface area contributed by atoms with Gasteiger partial charge >= 0.3 is 0 Å². The van der Waals surface area contributed by atoms with Gasteiger partial charge in [0.25, 0.3) is 0 Å². The first-order valence-corrected chi connectivity index (χ1v) is 6.67. The van der Waals surface area contributed by atoms with E-state index in [2.05, 4.69) is 32.6 Å². The minimum Gasteiger partial charge on any atom is -0.326 e. The van der Waals surface area contributed by atoms with Gasteiger partial charge in [0.15, 0.2) is 0 Å². The van der Waals surface area contributed by atoms with E-state index in [-0.39, 0.29) is 17.4 Å². The van der Waals surface area contributed by atoms with Crippen LogP contribution in [0.25, 0.3) is 0 Å². The maximum Gasteiger partial charge on any atom is 0.126 e. The average Bonchev–Trinajstić information content (AvgIpc) is 2.33. The molecule has 1 aromatic rings. The second kappa shape index (κ2) is 6.30. The highest BCUT2D eigenvalue weighted by Gasteiger charge is 2.31. The highest BCUT2D eigenvalue weighted by molar-refractivity contribution is 5.19.